The summed E-state index contributed by atoms with van der Waals surface area (Å²) in [6, 6.07) is 0. The molecule has 0 spiro atoms. The van der Waals surface area contributed by atoms with E-state index in [4.69, 9.17) is 9.47 Å². The second kappa shape index (κ2) is 11.2. The molecule has 0 amide bonds. The van der Waals surface area contributed by atoms with E-state index in [9.17, 15) is 14.4 Å². The molecule has 5 fully saturated rings. The maximum Gasteiger partial charge on any atom is 0.311 e. The molecule has 252 valence electrons. The van der Waals surface area contributed by atoms with Crippen LogP contribution in [0.25, 0.3) is 0 Å². The molecule has 0 aromatic heterocycles. The lowest BCUT2D eigenvalue weighted by Gasteiger charge is -2.70. The van der Waals surface area contributed by atoms with E-state index in [1.165, 1.54) is 31.8 Å². The van der Waals surface area contributed by atoms with Crippen molar-refractivity contribution in [1.82, 2.24) is 4.90 Å². The first kappa shape index (κ1) is 33.2. The Kier molecular flexibility index (Phi) is 8.26. The van der Waals surface area contributed by atoms with Crippen LogP contribution >= 0.6 is 0 Å². The van der Waals surface area contributed by atoms with E-state index >= 15 is 0 Å². The van der Waals surface area contributed by atoms with Gasteiger partial charge in [-0.15, -0.1) is 0 Å². The van der Waals surface area contributed by atoms with Crippen molar-refractivity contribution in [2.75, 3.05) is 26.2 Å². The molecule has 0 N–H and O–H groups in total. The quantitative estimate of drug-likeness (QED) is 0.290. The number of ketones is 1. The topological polar surface area (TPSA) is 72.9 Å². The highest BCUT2D eigenvalue weighted by Gasteiger charge is 2.70. The van der Waals surface area contributed by atoms with Crippen LogP contribution < -0.4 is 0 Å². The average molecular weight is 624 g/mol. The van der Waals surface area contributed by atoms with Crippen LogP contribution in [0.4, 0.5) is 0 Å². The van der Waals surface area contributed by atoms with Crippen molar-refractivity contribution in [2.24, 2.45) is 50.2 Å². The highest BCUT2D eigenvalue weighted by Crippen LogP contribution is 2.75. The van der Waals surface area contributed by atoms with Crippen LogP contribution in [0.2, 0.25) is 0 Å². The molecule has 6 nitrogen and oxygen atoms in total. The molecule has 0 unspecified atom stereocenters. The molecule has 6 rings (SSSR count). The standard InChI is InChI=1S/C39H61NO5/c1-26(41)45-31-13-14-37(6)30(34(31,2)3)12-15-39(8)32(37)29(42)24-27-28-25-36(5,17-16-35(28,4)18-19-38(27,39)7)33(43)44-23-22-40-20-10-9-11-21-40/h24,28,30-32H,9-23,25H2,1-8H3/t28-,30+,31+,32+,35-,36-,37+,38+,39+/m1/s1. The molecule has 1 aliphatic heterocycles. The van der Waals surface area contributed by atoms with Crippen LogP contribution in [-0.4, -0.2) is 55.0 Å². The fraction of sp³-hybridized carbons (Fsp3) is 0.872. The molecule has 1 saturated heterocycles. The van der Waals surface area contributed by atoms with Crippen LogP contribution in [0.1, 0.15) is 132 Å². The van der Waals surface area contributed by atoms with Crippen molar-refractivity contribution in [3.63, 3.8) is 0 Å². The van der Waals surface area contributed by atoms with Crippen LogP contribution in [0, 0.1) is 50.2 Å². The van der Waals surface area contributed by atoms with E-state index in [2.05, 4.69) is 59.4 Å². The van der Waals surface area contributed by atoms with E-state index in [0.717, 1.165) is 77.4 Å². The van der Waals surface area contributed by atoms with Crippen LogP contribution in [0.15, 0.2) is 11.6 Å². The Labute approximate surface area is 272 Å². The van der Waals surface area contributed by atoms with E-state index in [-0.39, 0.29) is 57.0 Å². The third-order valence-corrected chi connectivity index (χ3v) is 15.4. The van der Waals surface area contributed by atoms with Gasteiger partial charge in [-0.1, -0.05) is 53.5 Å². The van der Waals surface area contributed by atoms with E-state index in [1.807, 2.05) is 0 Å². The Bertz CT molecular complexity index is 1250. The summed E-state index contributed by atoms with van der Waals surface area (Å²) in [7, 11) is 0. The number of fused-ring (bicyclic) bond motifs is 7. The van der Waals surface area contributed by atoms with Crippen molar-refractivity contribution in [3.8, 4) is 0 Å². The van der Waals surface area contributed by atoms with Gasteiger partial charge in [-0.25, -0.2) is 0 Å². The van der Waals surface area contributed by atoms with Crippen LogP contribution in [-0.2, 0) is 23.9 Å². The molecule has 5 aliphatic carbocycles. The Morgan fingerprint density at radius 3 is 2.27 bits per heavy atom. The Balaban J connectivity index is 1.27. The molecule has 0 aromatic carbocycles. The molecule has 0 radical (unpaired) electrons. The number of allylic oxidation sites excluding steroid dienone is 2. The maximum atomic E-state index is 14.7. The van der Waals surface area contributed by atoms with Gasteiger partial charge in [-0.05, 0) is 130 Å². The predicted octanol–water partition coefficient (Wildman–Crippen LogP) is 7.93. The van der Waals surface area contributed by atoms with Crippen molar-refractivity contribution in [1.29, 1.82) is 0 Å². The zero-order chi connectivity index (χ0) is 32.6. The summed E-state index contributed by atoms with van der Waals surface area (Å²) in [6.07, 6.45) is 14.4. The molecular weight excluding hydrogens is 562 g/mol. The lowest BCUT2D eigenvalue weighted by atomic mass is 9.33. The van der Waals surface area contributed by atoms with E-state index in [0.29, 0.717) is 18.3 Å². The number of carbonyl (C=O) groups is 3. The van der Waals surface area contributed by atoms with Crippen LogP contribution in [0.5, 0.6) is 0 Å². The van der Waals surface area contributed by atoms with Gasteiger partial charge in [0.1, 0.15) is 12.7 Å². The van der Waals surface area contributed by atoms with E-state index in [1.54, 1.807) is 0 Å². The third-order valence-electron chi connectivity index (χ3n) is 15.4. The highest BCUT2D eigenvalue weighted by atomic mass is 16.5. The van der Waals surface area contributed by atoms with Gasteiger partial charge in [0.05, 0.1) is 5.41 Å². The number of nitrogens with zero attached hydrogens (tertiary/aromatic N) is 1. The van der Waals surface area contributed by atoms with Gasteiger partial charge in [0.25, 0.3) is 0 Å². The molecule has 4 saturated carbocycles. The molecule has 9 atom stereocenters. The van der Waals surface area contributed by atoms with Crippen molar-refractivity contribution in [2.45, 2.75) is 139 Å². The lowest BCUT2D eigenvalue weighted by molar-refractivity contribution is -0.210. The Morgan fingerprint density at radius 1 is 0.889 bits per heavy atom. The summed E-state index contributed by atoms with van der Waals surface area (Å²) in [6.45, 7) is 21.4. The lowest BCUT2D eigenvalue weighted by Crippen LogP contribution is -2.66. The molecule has 6 heteroatoms. The first-order chi connectivity index (χ1) is 21.0. The van der Waals surface area contributed by atoms with Crippen molar-refractivity contribution in [3.05, 3.63) is 11.6 Å². The third kappa shape index (κ3) is 5.08. The molecule has 1 heterocycles. The van der Waals surface area contributed by atoms with Crippen LogP contribution in [0.3, 0.4) is 0 Å². The van der Waals surface area contributed by atoms with Gasteiger partial charge in [-0.2, -0.15) is 0 Å². The number of esters is 2. The zero-order valence-electron chi connectivity index (χ0n) is 29.7. The number of carbonyl (C=O) groups excluding carboxylic acids is 3. The number of hydrogen-bond acceptors (Lipinski definition) is 6. The normalized spacial score (nSPS) is 46.0. The van der Waals surface area contributed by atoms with Gasteiger partial charge in [0.15, 0.2) is 5.78 Å². The molecule has 0 bridgehead atoms. The number of likely N-dealkylation sites (tertiary alicyclic amines) is 1. The number of hydrogen-bond donors (Lipinski definition) is 0. The molecule has 45 heavy (non-hydrogen) atoms. The summed E-state index contributed by atoms with van der Waals surface area (Å²) in [5.41, 5.74) is 0.361. The van der Waals surface area contributed by atoms with Gasteiger partial charge >= 0.3 is 11.9 Å². The minimum atomic E-state index is -0.519. The van der Waals surface area contributed by atoms with Crippen molar-refractivity contribution < 1.29 is 23.9 Å². The largest absolute Gasteiger partial charge is 0.464 e. The average Bonchev–Trinajstić information content (AvgIpc) is 2.97. The predicted molar refractivity (Wildman–Crippen MR) is 176 cm³/mol. The monoisotopic (exact) mass is 623 g/mol. The fourth-order valence-corrected chi connectivity index (χ4v) is 12.4. The highest BCUT2D eigenvalue weighted by molar-refractivity contribution is 5.95. The summed E-state index contributed by atoms with van der Waals surface area (Å²) in [4.78, 5) is 42.8. The Morgan fingerprint density at radius 2 is 1.58 bits per heavy atom. The minimum absolute atomic E-state index is 0.0412. The number of piperidine rings is 1. The van der Waals surface area contributed by atoms with Gasteiger partial charge in [0.2, 0.25) is 0 Å². The number of rotatable bonds is 5. The van der Waals surface area contributed by atoms with Crippen molar-refractivity contribution >= 4 is 17.7 Å². The smallest absolute Gasteiger partial charge is 0.311 e. The number of ether oxygens (including phenoxy) is 2. The molecule has 6 aliphatic rings. The minimum Gasteiger partial charge on any atom is -0.464 e. The maximum absolute atomic E-state index is 14.7. The zero-order valence-corrected chi connectivity index (χ0v) is 29.7. The second-order valence-electron chi connectivity index (χ2n) is 18.2. The molecule has 0 aromatic rings. The summed E-state index contributed by atoms with van der Waals surface area (Å²) >= 11 is 0. The van der Waals surface area contributed by atoms with E-state index < -0.39 is 5.41 Å². The fourth-order valence-electron chi connectivity index (χ4n) is 12.4. The SMILES string of the molecule is CC(=O)O[C@H]1CC[C@@]2(C)[C@@H](CC[C@@]3(C)[C@H]2C(=O)C=C2[C@H]4C[C@](C)(C(=O)OCCN5CCCCC5)CC[C@]4(C)CC[C@@]23C)C1(C)C. The molecular formula is C39H61NO5. The first-order valence-electron chi connectivity index (χ1n) is 18.3. The Hall–Kier alpha value is -1.69. The second-order valence-corrected chi connectivity index (χ2v) is 18.2. The summed E-state index contributed by atoms with van der Waals surface area (Å²) in [5.74, 6) is 0.541. The van der Waals surface area contributed by atoms with Gasteiger partial charge < -0.3 is 9.47 Å². The van der Waals surface area contributed by atoms with Gasteiger partial charge in [-0.3, -0.25) is 19.3 Å². The van der Waals surface area contributed by atoms with Gasteiger partial charge in [0, 0.05) is 24.8 Å². The summed E-state index contributed by atoms with van der Waals surface area (Å²) in [5, 5.41) is 0. The first-order valence-corrected chi connectivity index (χ1v) is 18.3. The summed E-state index contributed by atoms with van der Waals surface area (Å²) < 4.78 is 11.9.